The third kappa shape index (κ3) is 1.91. The van der Waals surface area contributed by atoms with Gasteiger partial charge in [0.15, 0.2) is 0 Å². The first-order chi connectivity index (χ1) is 4.74. The van der Waals surface area contributed by atoms with Crippen LogP contribution in [0.4, 0.5) is 0 Å². The Bertz CT molecular complexity index is 237. The number of thiol groups is 1. The fourth-order valence-electron chi connectivity index (χ4n) is 0.650. The second-order valence-electron chi connectivity index (χ2n) is 1.89. The summed E-state index contributed by atoms with van der Waals surface area (Å²) in [5.74, 6) is 0.734. The Labute approximate surface area is 79.1 Å². The standard InChI is InChI=1S/C7H6BrClS/c8-7-3-6(9)2-1-5(7)4-10/h1-3,10H,4H2. The maximum absolute atomic E-state index is 5.72. The first kappa shape index (κ1) is 8.44. The lowest BCUT2D eigenvalue weighted by molar-refractivity contribution is 1.39. The number of benzene rings is 1. The van der Waals surface area contributed by atoms with Gasteiger partial charge in [-0.25, -0.2) is 0 Å². The van der Waals surface area contributed by atoms with E-state index in [1.807, 2.05) is 18.2 Å². The molecule has 0 aliphatic rings. The molecule has 0 aliphatic heterocycles. The quantitative estimate of drug-likeness (QED) is 0.710. The van der Waals surface area contributed by atoms with Crippen molar-refractivity contribution in [2.75, 3.05) is 0 Å². The molecule has 0 unspecified atom stereocenters. The van der Waals surface area contributed by atoms with Crippen molar-refractivity contribution in [3.8, 4) is 0 Å². The van der Waals surface area contributed by atoms with E-state index in [4.69, 9.17) is 11.6 Å². The summed E-state index contributed by atoms with van der Waals surface area (Å²) in [6.07, 6.45) is 0. The van der Waals surface area contributed by atoms with Crippen LogP contribution in [0.15, 0.2) is 22.7 Å². The molecular formula is C7H6BrClS. The third-order valence-corrected chi connectivity index (χ3v) is 2.50. The maximum Gasteiger partial charge on any atom is 0.0417 e. The summed E-state index contributed by atoms with van der Waals surface area (Å²) < 4.78 is 1.02. The fourth-order valence-corrected chi connectivity index (χ4v) is 1.97. The molecule has 54 valence electrons. The summed E-state index contributed by atoms with van der Waals surface area (Å²) in [7, 11) is 0. The van der Waals surface area contributed by atoms with Crippen molar-refractivity contribution in [3.63, 3.8) is 0 Å². The largest absolute Gasteiger partial charge is 0.175 e. The molecule has 0 spiro atoms. The summed E-state index contributed by atoms with van der Waals surface area (Å²) >= 11 is 13.2. The van der Waals surface area contributed by atoms with Crippen LogP contribution in [0.1, 0.15) is 5.56 Å². The van der Waals surface area contributed by atoms with E-state index in [1.54, 1.807) is 0 Å². The zero-order chi connectivity index (χ0) is 7.56. The number of hydrogen-bond donors (Lipinski definition) is 1. The summed E-state index contributed by atoms with van der Waals surface area (Å²) in [6.45, 7) is 0. The lowest BCUT2D eigenvalue weighted by atomic mass is 10.2. The number of hydrogen-bond acceptors (Lipinski definition) is 1. The van der Waals surface area contributed by atoms with Gasteiger partial charge in [-0.15, -0.1) is 0 Å². The Morgan fingerprint density at radius 3 is 2.70 bits per heavy atom. The monoisotopic (exact) mass is 236 g/mol. The minimum Gasteiger partial charge on any atom is -0.175 e. The van der Waals surface area contributed by atoms with Crippen LogP contribution in [-0.2, 0) is 5.75 Å². The first-order valence-electron chi connectivity index (χ1n) is 2.79. The van der Waals surface area contributed by atoms with Gasteiger partial charge in [-0.3, -0.25) is 0 Å². The lowest BCUT2D eigenvalue weighted by Gasteiger charge is -1.98. The van der Waals surface area contributed by atoms with E-state index in [2.05, 4.69) is 28.6 Å². The summed E-state index contributed by atoms with van der Waals surface area (Å²) in [6, 6.07) is 5.68. The highest BCUT2D eigenvalue weighted by molar-refractivity contribution is 9.10. The topological polar surface area (TPSA) is 0 Å². The molecule has 0 saturated carbocycles. The molecule has 0 atom stereocenters. The highest BCUT2D eigenvalue weighted by atomic mass is 79.9. The SMILES string of the molecule is SCc1ccc(Cl)cc1Br. The average molecular weight is 238 g/mol. The van der Waals surface area contributed by atoms with Crippen molar-refractivity contribution < 1.29 is 0 Å². The molecule has 0 heterocycles. The van der Waals surface area contributed by atoms with Gasteiger partial charge in [0, 0.05) is 15.2 Å². The molecule has 0 aliphatic carbocycles. The molecule has 0 radical (unpaired) electrons. The molecule has 3 heteroatoms. The molecule has 1 aromatic rings. The van der Waals surface area contributed by atoms with Gasteiger partial charge in [-0.2, -0.15) is 12.6 Å². The Kier molecular flexibility index (Phi) is 3.08. The van der Waals surface area contributed by atoms with Gasteiger partial charge < -0.3 is 0 Å². The molecule has 0 saturated heterocycles. The van der Waals surface area contributed by atoms with Gasteiger partial charge in [0.05, 0.1) is 0 Å². The van der Waals surface area contributed by atoms with E-state index in [0.29, 0.717) is 0 Å². The van der Waals surface area contributed by atoms with Crippen LogP contribution in [0, 0.1) is 0 Å². The zero-order valence-corrected chi connectivity index (χ0v) is 8.38. The predicted molar refractivity (Wildman–Crippen MR) is 51.8 cm³/mol. The highest BCUT2D eigenvalue weighted by Gasteiger charge is 1.96. The van der Waals surface area contributed by atoms with Crippen LogP contribution in [0.5, 0.6) is 0 Å². The van der Waals surface area contributed by atoms with E-state index in [1.165, 1.54) is 0 Å². The van der Waals surface area contributed by atoms with Crippen LogP contribution in [0.2, 0.25) is 5.02 Å². The van der Waals surface area contributed by atoms with Gasteiger partial charge in [-0.05, 0) is 17.7 Å². The Morgan fingerprint density at radius 2 is 2.20 bits per heavy atom. The smallest absolute Gasteiger partial charge is 0.0417 e. The maximum atomic E-state index is 5.72. The van der Waals surface area contributed by atoms with Crippen molar-refractivity contribution in [2.45, 2.75) is 5.75 Å². The van der Waals surface area contributed by atoms with Crippen LogP contribution in [0.25, 0.3) is 0 Å². The molecule has 10 heavy (non-hydrogen) atoms. The van der Waals surface area contributed by atoms with Crippen LogP contribution in [-0.4, -0.2) is 0 Å². The van der Waals surface area contributed by atoms with Gasteiger partial charge in [0.25, 0.3) is 0 Å². The van der Waals surface area contributed by atoms with Gasteiger partial charge in [0.1, 0.15) is 0 Å². The molecule has 1 rings (SSSR count). The highest BCUT2D eigenvalue weighted by Crippen LogP contribution is 2.22. The van der Waals surface area contributed by atoms with Crippen LogP contribution in [0.3, 0.4) is 0 Å². The minimum atomic E-state index is 0.734. The molecule has 0 nitrogen and oxygen atoms in total. The fraction of sp³-hybridized carbons (Fsp3) is 0.143. The van der Waals surface area contributed by atoms with E-state index >= 15 is 0 Å². The Hall–Kier alpha value is 0.340. The van der Waals surface area contributed by atoms with E-state index in [0.717, 1.165) is 20.8 Å². The van der Waals surface area contributed by atoms with Crippen molar-refractivity contribution in [2.24, 2.45) is 0 Å². The Balaban J connectivity index is 3.07. The van der Waals surface area contributed by atoms with E-state index < -0.39 is 0 Å². The van der Waals surface area contributed by atoms with Gasteiger partial charge >= 0.3 is 0 Å². The normalized spacial score (nSPS) is 9.90. The molecule has 1 aromatic carbocycles. The molecule has 0 N–H and O–H groups in total. The van der Waals surface area contributed by atoms with Crippen molar-refractivity contribution in [3.05, 3.63) is 33.3 Å². The second kappa shape index (κ2) is 3.65. The molecular weight excluding hydrogens is 232 g/mol. The van der Waals surface area contributed by atoms with Crippen molar-refractivity contribution >= 4 is 40.2 Å². The summed E-state index contributed by atoms with van der Waals surface area (Å²) in [5, 5.41) is 0.748. The second-order valence-corrected chi connectivity index (χ2v) is 3.50. The summed E-state index contributed by atoms with van der Waals surface area (Å²) in [5.41, 5.74) is 1.16. The average Bonchev–Trinajstić information content (AvgIpc) is 1.88. The molecule has 0 bridgehead atoms. The van der Waals surface area contributed by atoms with Crippen LogP contribution >= 0.6 is 40.2 Å². The zero-order valence-electron chi connectivity index (χ0n) is 5.14. The van der Waals surface area contributed by atoms with Gasteiger partial charge in [-0.1, -0.05) is 33.6 Å². The van der Waals surface area contributed by atoms with E-state index in [-0.39, 0.29) is 0 Å². The van der Waals surface area contributed by atoms with E-state index in [9.17, 15) is 0 Å². The first-order valence-corrected chi connectivity index (χ1v) is 4.59. The predicted octanol–water partition coefficient (Wildman–Crippen LogP) is 3.53. The molecule has 0 fully saturated rings. The van der Waals surface area contributed by atoms with Crippen LogP contribution < -0.4 is 0 Å². The van der Waals surface area contributed by atoms with Crippen molar-refractivity contribution in [1.29, 1.82) is 0 Å². The third-order valence-electron chi connectivity index (χ3n) is 1.19. The van der Waals surface area contributed by atoms with Crippen molar-refractivity contribution in [1.82, 2.24) is 0 Å². The minimum absolute atomic E-state index is 0.734. The lowest BCUT2D eigenvalue weighted by Crippen LogP contribution is -1.78. The van der Waals surface area contributed by atoms with Gasteiger partial charge in [0.2, 0.25) is 0 Å². The molecule has 0 amide bonds. The molecule has 0 aromatic heterocycles. The summed E-state index contributed by atoms with van der Waals surface area (Å²) in [4.78, 5) is 0. The number of rotatable bonds is 1. The Morgan fingerprint density at radius 1 is 1.50 bits per heavy atom. The number of halogens is 2.